The van der Waals surface area contributed by atoms with Gasteiger partial charge in [-0.15, -0.1) is 0 Å². The average Bonchev–Trinajstić information content (AvgIpc) is 2.12. The quantitative estimate of drug-likeness (QED) is 0.706. The van der Waals surface area contributed by atoms with Crippen LogP contribution in [0.1, 0.15) is 12.0 Å². The van der Waals surface area contributed by atoms with Gasteiger partial charge in [0.1, 0.15) is 5.15 Å². The molecule has 1 heterocycles. The lowest BCUT2D eigenvalue weighted by atomic mass is 10.2. The van der Waals surface area contributed by atoms with Gasteiger partial charge in [0.05, 0.1) is 17.5 Å². The van der Waals surface area contributed by atoms with Crippen LogP contribution >= 0.6 is 23.2 Å². The fourth-order valence-electron chi connectivity index (χ4n) is 0.775. The van der Waals surface area contributed by atoms with E-state index in [4.69, 9.17) is 28.5 Å². The lowest BCUT2D eigenvalue weighted by molar-refractivity contribution is 1.31. The van der Waals surface area contributed by atoms with Crippen molar-refractivity contribution >= 4 is 29.3 Å². The van der Waals surface area contributed by atoms with Gasteiger partial charge in [0.15, 0.2) is 0 Å². The Balaban J connectivity index is 2.81. The van der Waals surface area contributed by atoms with Gasteiger partial charge in [0, 0.05) is 6.20 Å². The largest absolute Gasteiger partial charge is 0.242 e. The number of aromatic nitrogens is 1. The molecule has 0 N–H and O–H groups in total. The fourth-order valence-corrected chi connectivity index (χ4v) is 1.05. The zero-order valence-electron chi connectivity index (χ0n) is 6.67. The zero-order valence-corrected chi connectivity index (χ0v) is 8.18. The second-order valence-corrected chi connectivity index (χ2v) is 3.07. The van der Waals surface area contributed by atoms with E-state index >= 15 is 0 Å². The van der Waals surface area contributed by atoms with Crippen LogP contribution in [0.4, 0.5) is 0 Å². The van der Waals surface area contributed by atoms with E-state index in [0.29, 0.717) is 16.6 Å². The summed E-state index contributed by atoms with van der Waals surface area (Å²) in [5, 5.41) is 8.99. The van der Waals surface area contributed by atoms with Crippen molar-refractivity contribution in [3.05, 3.63) is 34.1 Å². The number of rotatable bonds is 2. The van der Waals surface area contributed by atoms with Crippen LogP contribution < -0.4 is 0 Å². The topological polar surface area (TPSA) is 36.7 Å². The highest BCUT2D eigenvalue weighted by Crippen LogP contribution is 2.20. The van der Waals surface area contributed by atoms with E-state index in [2.05, 4.69) is 4.98 Å². The minimum absolute atomic E-state index is 0.291. The van der Waals surface area contributed by atoms with Crippen molar-refractivity contribution in [3.8, 4) is 6.07 Å². The van der Waals surface area contributed by atoms with E-state index in [1.165, 1.54) is 0 Å². The first-order chi connectivity index (χ1) is 6.24. The summed E-state index contributed by atoms with van der Waals surface area (Å²) in [6.45, 7) is 0. The number of allylic oxidation sites excluding steroid dienone is 1. The minimum Gasteiger partial charge on any atom is -0.242 e. The predicted molar refractivity (Wildman–Crippen MR) is 53.5 cm³/mol. The van der Waals surface area contributed by atoms with Crippen LogP contribution in [0.2, 0.25) is 10.2 Å². The van der Waals surface area contributed by atoms with Gasteiger partial charge in [-0.05, 0) is 11.6 Å². The molecule has 0 unspecified atom stereocenters. The van der Waals surface area contributed by atoms with Crippen LogP contribution in [0.15, 0.2) is 18.3 Å². The summed E-state index contributed by atoms with van der Waals surface area (Å²) in [4.78, 5) is 3.86. The molecule has 0 atom stereocenters. The van der Waals surface area contributed by atoms with E-state index in [-0.39, 0.29) is 0 Å². The van der Waals surface area contributed by atoms with Gasteiger partial charge in [-0.3, -0.25) is 0 Å². The zero-order chi connectivity index (χ0) is 9.68. The highest BCUT2D eigenvalue weighted by Gasteiger charge is 1.97. The van der Waals surface area contributed by atoms with Crippen LogP contribution in [-0.4, -0.2) is 4.98 Å². The van der Waals surface area contributed by atoms with Crippen molar-refractivity contribution in [1.82, 2.24) is 4.98 Å². The first-order valence-electron chi connectivity index (χ1n) is 3.58. The Morgan fingerprint density at radius 3 is 2.92 bits per heavy atom. The monoisotopic (exact) mass is 212 g/mol. The smallest absolute Gasteiger partial charge is 0.147 e. The van der Waals surface area contributed by atoms with E-state index in [0.717, 1.165) is 5.56 Å². The highest BCUT2D eigenvalue weighted by molar-refractivity contribution is 6.41. The van der Waals surface area contributed by atoms with Gasteiger partial charge in [-0.25, -0.2) is 4.98 Å². The molecule has 4 heteroatoms. The summed E-state index contributed by atoms with van der Waals surface area (Å²) < 4.78 is 0. The molecule has 0 saturated heterocycles. The fraction of sp³-hybridized carbons (Fsp3) is 0.111. The summed E-state index contributed by atoms with van der Waals surface area (Å²) in [6, 6.07) is 3.70. The molecule has 0 amide bonds. The van der Waals surface area contributed by atoms with E-state index in [9.17, 15) is 0 Å². The standard InChI is InChI=1S/C9H6Cl2N2/c10-8-5-7(3-1-2-4-12)6-13-9(8)11/h1,3,5-6H,2H2. The predicted octanol–water partition coefficient (Wildman–Crippen LogP) is 3.32. The van der Waals surface area contributed by atoms with Gasteiger partial charge in [-0.2, -0.15) is 5.26 Å². The van der Waals surface area contributed by atoms with Crippen LogP contribution in [0, 0.1) is 11.3 Å². The van der Waals surface area contributed by atoms with Crippen molar-refractivity contribution in [1.29, 1.82) is 5.26 Å². The van der Waals surface area contributed by atoms with Crippen LogP contribution in [-0.2, 0) is 0 Å². The van der Waals surface area contributed by atoms with E-state index in [1.54, 1.807) is 24.4 Å². The average molecular weight is 213 g/mol. The summed E-state index contributed by atoms with van der Waals surface area (Å²) in [5.41, 5.74) is 0.838. The first kappa shape index (κ1) is 10.0. The molecule has 13 heavy (non-hydrogen) atoms. The molecule has 0 aliphatic rings. The van der Waals surface area contributed by atoms with Crippen LogP contribution in [0.5, 0.6) is 0 Å². The third-order valence-corrected chi connectivity index (χ3v) is 2.02. The molecule has 1 aromatic rings. The van der Waals surface area contributed by atoms with Gasteiger partial charge < -0.3 is 0 Å². The molecule has 0 aromatic carbocycles. The second kappa shape index (κ2) is 4.86. The number of hydrogen-bond acceptors (Lipinski definition) is 2. The van der Waals surface area contributed by atoms with Crippen molar-refractivity contribution < 1.29 is 0 Å². The molecule has 0 radical (unpaired) electrons. The number of halogens is 2. The Morgan fingerprint density at radius 2 is 2.31 bits per heavy atom. The van der Waals surface area contributed by atoms with Gasteiger partial charge >= 0.3 is 0 Å². The molecule has 0 saturated carbocycles. The van der Waals surface area contributed by atoms with Crippen molar-refractivity contribution in [2.75, 3.05) is 0 Å². The summed E-state index contributed by atoms with van der Waals surface area (Å²) in [7, 11) is 0. The first-order valence-corrected chi connectivity index (χ1v) is 4.34. The lowest BCUT2D eigenvalue weighted by Crippen LogP contribution is -1.79. The molecule has 2 nitrogen and oxygen atoms in total. The maximum Gasteiger partial charge on any atom is 0.147 e. The molecular weight excluding hydrogens is 207 g/mol. The maximum atomic E-state index is 8.28. The Bertz CT molecular complexity index is 366. The molecule has 0 bridgehead atoms. The SMILES string of the molecule is N#CCC=Cc1cnc(Cl)c(Cl)c1. The van der Waals surface area contributed by atoms with Crippen LogP contribution in [0.3, 0.4) is 0 Å². The van der Waals surface area contributed by atoms with Crippen molar-refractivity contribution in [2.45, 2.75) is 6.42 Å². The molecule has 1 rings (SSSR count). The van der Waals surface area contributed by atoms with E-state index in [1.807, 2.05) is 6.07 Å². The summed E-state index contributed by atoms with van der Waals surface area (Å²) >= 11 is 11.4. The third-order valence-electron chi connectivity index (χ3n) is 1.34. The Hall–Kier alpha value is -1.04. The highest BCUT2D eigenvalue weighted by atomic mass is 35.5. The molecular formula is C9H6Cl2N2. The molecule has 0 aliphatic heterocycles. The molecule has 0 spiro atoms. The normalized spacial score (nSPS) is 10.2. The Kier molecular flexibility index (Phi) is 3.75. The third kappa shape index (κ3) is 3.06. The summed E-state index contributed by atoms with van der Waals surface area (Å²) in [6.07, 6.45) is 5.49. The molecule has 1 aromatic heterocycles. The molecule has 66 valence electrons. The Labute approximate surface area is 86.4 Å². The number of pyridine rings is 1. The van der Waals surface area contributed by atoms with Gasteiger partial charge in [0.25, 0.3) is 0 Å². The number of nitriles is 1. The summed E-state index contributed by atoms with van der Waals surface area (Å²) in [5.74, 6) is 0. The van der Waals surface area contributed by atoms with Gasteiger partial charge in [0.2, 0.25) is 0 Å². The maximum absolute atomic E-state index is 8.28. The second-order valence-electron chi connectivity index (χ2n) is 2.31. The van der Waals surface area contributed by atoms with Gasteiger partial charge in [-0.1, -0.05) is 35.4 Å². The van der Waals surface area contributed by atoms with Crippen molar-refractivity contribution in [3.63, 3.8) is 0 Å². The van der Waals surface area contributed by atoms with E-state index < -0.39 is 0 Å². The van der Waals surface area contributed by atoms with Crippen LogP contribution in [0.25, 0.3) is 6.08 Å². The number of hydrogen-bond donors (Lipinski definition) is 0. The molecule has 0 fully saturated rings. The van der Waals surface area contributed by atoms with Crippen molar-refractivity contribution in [2.24, 2.45) is 0 Å². The minimum atomic E-state index is 0.291. The number of nitrogens with zero attached hydrogens (tertiary/aromatic N) is 2. The lowest BCUT2D eigenvalue weighted by Gasteiger charge is -1.95. The Morgan fingerprint density at radius 1 is 1.54 bits per heavy atom. The molecule has 0 aliphatic carbocycles.